The van der Waals surface area contributed by atoms with Crippen LogP contribution in [0.25, 0.3) is 0 Å². The van der Waals surface area contributed by atoms with Crippen molar-refractivity contribution in [3.63, 3.8) is 0 Å². The molecule has 124 valence electrons. The summed E-state index contributed by atoms with van der Waals surface area (Å²) >= 11 is 0. The SMILES string of the molecule is CCO[C@H](C)N(C(=NC(C)(C)C)c1ccccc1)C(C)(C)C. The van der Waals surface area contributed by atoms with Gasteiger partial charge in [0.05, 0.1) is 5.54 Å². The quantitative estimate of drug-likeness (QED) is 0.457. The maximum Gasteiger partial charge on any atom is 0.133 e. The number of aliphatic imine (C=N–C) groups is 1. The first-order valence-electron chi connectivity index (χ1n) is 8.12. The third-order valence-corrected chi connectivity index (χ3v) is 3.20. The van der Waals surface area contributed by atoms with Gasteiger partial charge in [-0.3, -0.25) is 4.99 Å². The summed E-state index contributed by atoms with van der Waals surface area (Å²) in [6, 6.07) is 10.4. The monoisotopic (exact) mass is 304 g/mol. The Bertz CT molecular complexity index is 480. The van der Waals surface area contributed by atoms with Crippen LogP contribution in [0.2, 0.25) is 0 Å². The predicted molar refractivity (Wildman–Crippen MR) is 95.4 cm³/mol. The van der Waals surface area contributed by atoms with Crippen LogP contribution in [0.5, 0.6) is 0 Å². The van der Waals surface area contributed by atoms with E-state index >= 15 is 0 Å². The minimum absolute atomic E-state index is 0.0358. The largest absolute Gasteiger partial charge is 0.359 e. The number of benzene rings is 1. The average molecular weight is 304 g/mol. The molecular formula is C19H32N2O. The molecule has 0 spiro atoms. The number of rotatable bonds is 4. The lowest BCUT2D eigenvalue weighted by molar-refractivity contribution is -0.0403. The van der Waals surface area contributed by atoms with Crippen LogP contribution >= 0.6 is 0 Å². The molecule has 0 unspecified atom stereocenters. The molecular weight excluding hydrogens is 272 g/mol. The van der Waals surface area contributed by atoms with Crippen LogP contribution in [0.4, 0.5) is 0 Å². The van der Waals surface area contributed by atoms with Gasteiger partial charge < -0.3 is 9.64 Å². The van der Waals surface area contributed by atoms with Crippen LogP contribution in [-0.2, 0) is 4.74 Å². The first kappa shape index (κ1) is 18.7. The zero-order valence-electron chi connectivity index (χ0n) is 15.5. The van der Waals surface area contributed by atoms with E-state index in [9.17, 15) is 0 Å². The predicted octanol–water partition coefficient (Wildman–Crippen LogP) is 4.71. The fourth-order valence-electron chi connectivity index (χ4n) is 2.51. The summed E-state index contributed by atoms with van der Waals surface area (Å²) in [6.07, 6.45) is -0.0358. The minimum Gasteiger partial charge on any atom is -0.359 e. The Kier molecular flexibility index (Phi) is 6.18. The molecule has 0 saturated carbocycles. The molecule has 0 N–H and O–H groups in total. The number of nitrogens with zero attached hydrogens (tertiary/aromatic N) is 2. The van der Waals surface area contributed by atoms with E-state index in [1.165, 1.54) is 0 Å². The van der Waals surface area contributed by atoms with E-state index in [-0.39, 0.29) is 17.3 Å². The Morgan fingerprint density at radius 3 is 2.05 bits per heavy atom. The molecule has 0 radical (unpaired) electrons. The van der Waals surface area contributed by atoms with Crippen molar-refractivity contribution in [3.8, 4) is 0 Å². The molecule has 0 bridgehead atoms. The van der Waals surface area contributed by atoms with E-state index in [1.54, 1.807) is 0 Å². The molecule has 0 heterocycles. The number of ether oxygens (including phenoxy) is 1. The van der Waals surface area contributed by atoms with Crippen LogP contribution in [-0.4, -0.2) is 34.6 Å². The van der Waals surface area contributed by atoms with Crippen LogP contribution in [0.15, 0.2) is 35.3 Å². The van der Waals surface area contributed by atoms with Gasteiger partial charge in [0, 0.05) is 17.7 Å². The van der Waals surface area contributed by atoms with E-state index in [4.69, 9.17) is 9.73 Å². The van der Waals surface area contributed by atoms with Crippen molar-refractivity contribution < 1.29 is 4.74 Å². The normalized spacial score (nSPS) is 14.8. The van der Waals surface area contributed by atoms with Gasteiger partial charge in [-0.05, 0) is 55.4 Å². The van der Waals surface area contributed by atoms with Gasteiger partial charge in [0.15, 0.2) is 0 Å². The summed E-state index contributed by atoms with van der Waals surface area (Å²) in [7, 11) is 0. The molecule has 1 atom stereocenters. The van der Waals surface area contributed by atoms with Crippen LogP contribution in [0.1, 0.15) is 61.0 Å². The van der Waals surface area contributed by atoms with E-state index in [0.29, 0.717) is 6.61 Å². The fraction of sp³-hybridized carbons (Fsp3) is 0.632. The lowest BCUT2D eigenvalue weighted by Gasteiger charge is -2.43. The average Bonchev–Trinajstić information content (AvgIpc) is 2.36. The van der Waals surface area contributed by atoms with Crippen LogP contribution in [0.3, 0.4) is 0 Å². The molecule has 0 aliphatic heterocycles. The summed E-state index contributed by atoms with van der Waals surface area (Å²) < 4.78 is 5.89. The fourth-order valence-corrected chi connectivity index (χ4v) is 2.51. The van der Waals surface area contributed by atoms with E-state index < -0.39 is 0 Å². The van der Waals surface area contributed by atoms with Crippen molar-refractivity contribution in [3.05, 3.63) is 35.9 Å². The summed E-state index contributed by atoms with van der Waals surface area (Å²) in [5.74, 6) is 0.988. The van der Waals surface area contributed by atoms with Crippen molar-refractivity contribution >= 4 is 5.84 Å². The van der Waals surface area contributed by atoms with Crippen LogP contribution < -0.4 is 0 Å². The van der Waals surface area contributed by atoms with Crippen molar-refractivity contribution in [2.24, 2.45) is 4.99 Å². The zero-order valence-corrected chi connectivity index (χ0v) is 15.5. The first-order valence-corrected chi connectivity index (χ1v) is 8.12. The highest BCUT2D eigenvalue weighted by Gasteiger charge is 2.31. The highest BCUT2D eigenvalue weighted by atomic mass is 16.5. The lowest BCUT2D eigenvalue weighted by atomic mass is 10.0. The van der Waals surface area contributed by atoms with Gasteiger partial charge in [0.2, 0.25) is 0 Å². The number of hydrogen-bond acceptors (Lipinski definition) is 2. The topological polar surface area (TPSA) is 24.8 Å². The molecule has 0 aliphatic rings. The molecule has 0 amide bonds. The number of amidine groups is 1. The van der Waals surface area contributed by atoms with E-state index in [2.05, 4.69) is 77.6 Å². The minimum atomic E-state index is -0.152. The molecule has 0 aromatic heterocycles. The number of hydrogen-bond donors (Lipinski definition) is 0. The molecule has 0 aliphatic carbocycles. The summed E-state index contributed by atoms with van der Waals surface area (Å²) in [4.78, 5) is 7.29. The maximum absolute atomic E-state index is 5.89. The molecule has 0 saturated heterocycles. The van der Waals surface area contributed by atoms with E-state index in [1.807, 2.05) is 13.0 Å². The van der Waals surface area contributed by atoms with Gasteiger partial charge in [-0.25, -0.2) is 0 Å². The first-order chi connectivity index (χ1) is 10.1. The standard InChI is InChI=1S/C19H32N2O/c1-9-22-15(2)21(19(6,7)8)17(20-18(3,4)5)16-13-11-10-12-14-16/h10-15H,9H2,1-8H3/t15-/m1/s1. The maximum atomic E-state index is 5.89. The van der Waals surface area contributed by atoms with Crippen molar-refractivity contribution in [1.29, 1.82) is 0 Å². The van der Waals surface area contributed by atoms with E-state index in [0.717, 1.165) is 11.4 Å². The second-order valence-electron chi connectivity index (χ2n) is 7.57. The smallest absolute Gasteiger partial charge is 0.133 e. The summed E-state index contributed by atoms with van der Waals surface area (Å²) in [5, 5.41) is 0. The molecule has 22 heavy (non-hydrogen) atoms. The van der Waals surface area contributed by atoms with Gasteiger partial charge in [0.25, 0.3) is 0 Å². The highest BCUT2D eigenvalue weighted by molar-refractivity contribution is 5.99. The molecule has 1 aromatic carbocycles. The lowest BCUT2D eigenvalue weighted by Crippen LogP contribution is -2.52. The van der Waals surface area contributed by atoms with Gasteiger partial charge in [-0.15, -0.1) is 0 Å². The molecule has 1 aromatic rings. The third kappa shape index (κ3) is 5.45. The third-order valence-electron chi connectivity index (χ3n) is 3.20. The van der Waals surface area contributed by atoms with Gasteiger partial charge in [-0.2, -0.15) is 0 Å². The Labute approximate surface area is 136 Å². The summed E-state index contributed by atoms with van der Waals surface area (Å²) in [6.45, 7) is 17.8. The Hall–Kier alpha value is -1.35. The zero-order chi connectivity index (χ0) is 17.0. The van der Waals surface area contributed by atoms with Crippen molar-refractivity contribution in [2.45, 2.75) is 72.7 Å². The van der Waals surface area contributed by atoms with Crippen LogP contribution in [0, 0.1) is 0 Å². The molecule has 0 fully saturated rings. The molecule has 3 heteroatoms. The van der Waals surface area contributed by atoms with Gasteiger partial charge >= 0.3 is 0 Å². The Balaban J connectivity index is 3.42. The summed E-state index contributed by atoms with van der Waals surface area (Å²) in [5.41, 5.74) is 0.883. The second kappa shape index (κ2) is 7.28. The van der Waals surface area contributed by atoms with Crippen molar-refractivity contribution in [2.75, 3.05) is 6.61 Å². The Morgan fingerprint density at radius 2 is 1.64 bits per heavy atom. The molecule has 3 nitrogen and oxygen atoms in total. The highest BCUT2D eigenvalue weighted by Crippen LogP contribution is 2.24. The van der Waals surface area contributed by atoms with Crippen molar-refractivity contribution in [1.82, 2.24) is 4.90 Å². The molecule has 1 rings (SSSR count). The van der Waals surface area contributed by atoms with Gasteiger partial charge in [-0.1, -0.05) is 30.3 Å². The second-order valence-corrected chi connectivity index (χ2v) is 7.57. The van der Waals surface area contributed by atoms with Gasteiger partial charge in [0.1, 0.15) is 12.1 Å². The Morgan fingerprint density at radius 1 is 1.09 bits per heavy atom.